The van der Waals surface area contributed by atoms with E-state index in [4.69, 9.17) is 0 Å². The van der Waals surface area contributed by atoms with Gasteiger partial charge in [-0.2, -0.15) is 0 Å². The Bertz CT molecular complexity index is 1010. The van der Waals surface area contributed by atoms with Gasteiger partial charge >= 0.3 is 0 Å². The van der Waals surface area contributed by atoms with Crippen LogP contribution < -0.4 is 5.32 Å². The predicted molar refractivity (Wildman–Crippen MR) is 111 cm³/mol. The molecule has 0 radical (unpaired) electrons. The average molecular weight is 389 g/mol. The molecule has 1 saturated heterocycles. The van der Waals surface area contributed by atoms with Gasteiger partial charge in [-0.05, 0) is 42.4 Å². The Morgan fingerprint density at radius 2 is 1.93 bits per heavy atom. The maximum atomic E-state index is 13.2. The quantitative estimate of drug-likeness (QED) is 0.471. The van der Waals surface area contributed by atoms with E-state index in [9.17, 15) is 14.9 Å². The lowest BCUT2D eigenvalue weighted by molar-refractivity contribution is -0.384. The van der Waals surface area contributed by atoms with Gasteiger partial charge in [-0.15, -0.1) is 0 Å². The van der Waals surface area contributed by atoms with Crippen molar-refractivity contribution in [1.82, 2.24) is 4.90 Å². The molecule has 29 heavy (non-hydrogen) atoms. The van der Waals surface area contributed by atoms with E-state index in [0.717, 1.165) is 49.2 Å². The molecule has 6 heteroatoms. The number of nitrogens with zero attached hydrogens (tertiary/aromatic N) is 2. The highest BCUT2D eigenvalue weighted by atomic mass is 16.6. The SMILES string of the molecule is O=C(c1cccc2c1N[C@@H](c1cccc([N+](=O)[O-])c1)[C@H]1CC=C[C@H]21)N1CCCC1. The number of nitro groups is 1. The second-order valence-corrected chi connectivity index (χ2v) is 8.10. The first-order valence-corrected chi connectivity index (χ1v) is 10.2. The number of carbonyl (C=O) groups excluding carboxylic acids is 1. The van der Waals surface area contributed by atoms with E-state index >= 15 is 0 Å². The molecule has 148 valence electrons. The van der Waals surface area contributed by atoms with Crippen LogP contribution in [0.25, 0.3) is 0 Å². The molecule has 1 amide bonds. The van der Waals surface area contributed by atoms with Gasteiger partial charge < -0.3 is 10.2 Å². The fraction of sp³-hybridized carbons (Fsp3) is 0.348. The minimum Gasteiger partial charge on any atom is -0.377 e. The number of likely N-dealkylation sites (tertiary alicyclic amines) is 1. The van der Waals surface area contributed by atoms with Crippen LogP contribution in [0.15, 0.2) is 54.6 Å². The smallest absolute Gasteiger partial charge is 0.269 e. The van der Waals surface area contributed by atoms with Crippen molar-refractivity contribution < 1.29 is 9.72 Å². The number of fused-ring (bicyclic) bond motifs is 3. The lowest BCUT2D eigenvalue weighted by Crippen LogP contribution is -2.33. The molecule has 2 aromatic carbocycles. The first-order chi connectivity index (χ1) is 14.1. The number of anilines is 1. The fourth-order valence-electron chi connectivity index (χ4n) is 5.05. The molecule has 6 nitrogen and oxygen atoms in total. The Kier molecular flexibility index (Phi) is 4.34. The molecular weight excluding hydrogens is 366 g/mol. The summed E-state index contributed by atoms with van der Waals surface area (Å²) >= 11 is 0. The van der Waals surface area contributed by atoms with Gasteiger partial charge in [0.05, 0.1) is 22.2 Å². The van der Waals surface area contributed by atoms with Crippen molar-refractivity contribution in [2.45, 2.75) is 31.2 Å². The normalized spacial score (nSPS) is 24.7. The number of nitro benzene ring substituents is 1. The van der Waals surface area contributed by atoms with Crippen LogP contribution in [0.1, 0.15) is 52.7 Å². The molecule has 1 aliphatic carbocycles. The van der Waals surface area contributed by atoms with Crippen molar-refractivity contribution in [2.24, 2.45) is 5.92 Å². The molecule has 2 aromatic rings. The summed E-state index contributed by atoms with van der Waals surface area (Å²) in [6.07, 6.45) is 7.43. The monoisotopic (exact) mass is 389 g/mol. The molecule has 0 bridgehead atoms. The lowest BCUT2D eigenvalue weighted by atomic mass is 9.76. The number of amides is 1. The van der Waals surface area contributed by atoms with Gasteiger partial charge in [-0.3, -0.25) is 14.9 Å². The third-order valence-electron chi connectivity index (χ3n) is 6.46. The maximum absolute atomic E-state index is 13.2. The molecule has 2 heterocycles. The summed E-state index contributed by atoms with van der Waals surface area (Å²) in [7, 11) is 0. The second kappa shape index (κ2) is 7.03. The molecule has 0 saturated carbocycles. The van der Waals surface area contributed by atoms with Gasteiger partial charge in [0, 0.05) is 31.1 Å². The fourth-order valence-corrected chi connectivity index (χ4v) is 5.05. The Labute approximate surface area is 169 Å². The summed E-state index contributed by atoms with van der Waals surface area (Å²) in [5.74, 6) is 0.563. The molecule has 1 fully saturated rings. The zero-order valence-electron chi connectivity index (χ0n) is 16.1. The molecule has 3 aliphatic rings. The molecule has 0 spiro atoms. The lowest BCUT2D eigenvalue weighted by Gasteiger charge is -2.38. The Hall–Kier alpha value is -3.15. The Balaban J connectivity index is 1.57. The largest absolute Gasteiger partial charge is 0.377 e. The second-order valence-electron chi connectivity index (χ2n) is 8.10. The number of rotatable bonds is 3. The summed E-state index contributed by atoms with van der Waals surface area (Å²) in [6.45, 7) is 1.62. The Morgan fingerprint density at radius 3 is 2.72 bits per heavy atom. The van der Waals surface area contributed by atoms with Crippen LogP contribution >= 0.6 is 0 Å². The number of para-hydroxylation sites is 1. The van der Waals surface area contributed by atoms with Crippen LogP contribution in [-0.4, -0.2) is 28.8 Å². The van der Waals surface area contributed by atoms with Crippen molar-refractivity contribution in [1.29, 1.82) is 0 Å². The van der Waals surface area contributed by atoms with E-state index in [1.54, 1.807) is 12.1 Å². The average Bonchev–Trinajstić information content (AvgIpc) is 3.44. The number of benzene rings is 2. The van der Waals surface area contributed by atoms with E-state index < -0.39 is 0 Å². The summed E-state index contributed by atoms with van der Waals surface area (Å²) in [4.78, 5) is 26.0. The molecule has 1 N–H and O–H groups in total. The number of nitrogens with one attached hydrogen (secondary N) is 1. The van der Waals surface area contributed by atoms with Crippen LogP contribution in [0.2, 0.25) is 0 Å². The standard InChI is InChI=1S/C23H23N3O3/c27-23(25-12-1-2-13-25)20-11-5-10-19-17-8-4-9-18(17)21(24-22(19)20)15-6-3-7-16(14-15)26(28)29/h3-8,10-11,14,17-18,21,24H,1-2,9,12-13H2/t17-,18-,21-/m0/s1. The molecule has 3 atom stereocenters. The summed E-state index contributed by atoms with van der Waals surface area (Å²) < 4.78 is 0. The van der Waals surface area contributed by atoms with Gasteiger partial charge in [0.15, 0.2) is 0 Å². The minimum atomic E-state index is -0.354. The van der Waals surface area contributed by atoms with Gasteiger partial charge in [0.1, 0.15) is 0 Å². The third kappa shape index (κ3) is 2.99. The van der Waals surface area contributed by atoms with Crippen molar-refractivity contribution in [2.75, 3.05) is 18.4 Å². The first kappa shape index (κ1) is 17.9. The van der Waals surface area contributed by atoms with Crippen molar-refractivity contribution in [3.63, 3.8) is 0 Å². The van der Waals surface area contributed by atoms with Crippen LogP contribution in [-0.2, 0) is 0 Å². The van der Waals surface area contributed by atoms with E-state index in [2.05, 4.69) is 23.5 Å². The Morgan fingerprint density at radius 1 is 1.14 bits per heavy atom. The molecule has 2 aliphatic heterocycles. The third-order valence-corrected chi connectivity index (χ3v) is 6.46. The number of non-ortho nitro benzene ring substituents is 1. The van der Waals surface area contributed by atoms with E-state index in [1.165, 1.54) is 6.07 Å². The van der Waals surface area contributed by atoms with Crippen LogP contribution in [0.4, 0.5) is 11.4 Å². The van der Waals surface area contributed by atoms with Gasteiger partial charge in [-0.1, -0.05) is 36.4 Å². The molecule has 5 rings (SSSR count). The number of hydrogen-bond acceptors (Lipinski definition) is 4. The highest BCUT2D eigenvalue weighted by Crippen LogP contribution is 2.51. The van der Waals surface area contributed by atoms with E-state index in [0.29, 0.717) is 5.56 Å². The topological polar surface area (TPSA) is 75.5 Å². The maximum Gasteiger partial charge on any atom is 0.269 e. The highest BCUT2D eigenvalue weighted by molar-refractivity contribution is 6.01. The van der Waals surface area contributed by atoms with Crippen molar-refractivity contribution in [3.8, 4) is 0 Å². The highest BCUT2D eigenvalue weighted by Gasteiger charge is 2.40. The molecule has 0 unspecified atom stereocenters. The number of hydrogen-bond donors (Lipinski definition) is 1. The zero-order chi connectivity index (χ0) is 20.0. The number of allylic oxidation sites excluding steroid dienone is 2. The summed E-state index contributed by atoms with van der Waals surface area (Å²) in [5, 5.41) is 14.9. The first-order valence-electron chi connectivity index (χ1n) is 10.2. The molecular formula is C23H23N3O3. The zero-order valence-corrected chi connectivity index (χ0v) is 16.1. The van der Waals surface area contributed by atoms with Crippen LogP contribution in [0.5, 0.6) is 0 Å². The minimum absolute atomic E-state index is 0.0741. The number of carbonyl (C=O) groups is 1. The van der Waals surface area contributed by atoms with Gasteiger partial charge in [0.25, 0.3) is 11.6 Å². The van der Waals surface area contributed by atoms with E-state index in [-0.39, 0.29) is 34.4 Å². The van der Waals surface area contributed by atoms with Gasteiger partial charge in [0.2, 0.25) is 0 Å². The predicted octanol–water partition coefficient (Wildman–Crippen LogP) is 4.66. The summed E-state index contributed by atoms with van der Waals surface area (Å²) in [6, 6.07) is 12.8. The van der Waals surface area contributed by atoms with Crippen molar-refractivity contribution >= 4 is 17.3 Å². The summed E-state index contributed by atoms with van der Waals surface area (Å²) in [5.41, 5.74) is 3.73. The van der Waals surface area contributed by atoms with Crippen LogP contribution in [0.3, 0.4) is 0 Å². The van der Waals surface area contributed by atoms with E-state index in [1.807, 2.05) is 23.1 Å². The van der Waals surface area contributed by atoms with Gasteiger partial charge in [-0.25, -0.2) is 0 Å². The van der Waals surface area contributed by atoms with Crippen molar-refractivity contribution in [3.05, 3.63) is 81.4 Å². The van der Waals surface area contributed by atoms with Crippen LogP contribution in [0, 0.1) is 16.0 Å². The molecule has 0 aromatic heterocycles.